The van der Waals surface area contributed by atoms with Gasteiger partial charge in [0.25, 0.3) is 11.8 Å². The molecule has 3 rings (SSSR count). The highest BCUT2D eigenvalue weighted by atomic mass is 16.5. The predicted octanol–water partition coefficient (Wildman–Crippen LogP) is 3.72. The molecule has 0 radical (unpaired) electrons. The summed E-state index contributed by atoms with van der Waals surface area (Å²) < 4.78 is 4.99. The Kier molecular flexibility index (Phi) is 9.16. The minimum Gasteiger partial charge on any atom is -0.480 e. The number of carboxylic acids is 1. The molecule has 5 N–H and O–H groups in total. The van der Waals surface area contributed by atoms with Crippen molar-refractivity contribution in [1.29, 1.82) is 0 Å². The molecule has 0 fully saturated rings. The Morgan fingerprint density at radius 1 is 0.897 bits per heavy atom. The van der Waals surface area contributed by atoms with Crippen molar-refractivity contribution in [3.8, 4) is 11.1 Å². The molecule has 0 aliphatic heterocycles. The fraction of sp³-hybridized carbons (Fsp3) is 0.207. The van der Waals surface area contributed by atoms with Gasteiger partial charge in [0.05, 0.1) is 23.8 Å². The van der Waals surface area contributed by atoms with Crippen molar-refractivity contribution in [3.63, 3.8) is 0 Å². The molecule has 0 aliphatic carbocycles. The molecule has 0 heterocycles. The van der Waals surface area contributed by atoms with E-state index in [0.717, 1.165) is 7.11 Å². The summed E-state index contributed by atoms with van der Waals surface area (Å²) in [6, 6.07) is 16.2. The standard InChI is InChI=1S/C29H29N3O7/c1-16(2)14-22(28(36)37)32-26(34)21-13-12-20(17-8-5-4-6-9-17)24(29(38)39-3)23(21)27(35)31-19-11-7-10-18(15-19)25(30)33/h4-13,15-16,22H,14H2,1-3H3,(H2,30,33)(H,31,35)(H,32,34)(H,36,37)/t22-/m0/s1. The van der Waals surface area contributed by atoms with Crippen molar-refractivity contribution in [2.75, 3.05) is 12.4 Å². The SMILES string of the molecule is COC(=O)c1c(-c2ccccc2)ccc(C(=O)N[C@@H](CC(C)C)C(=O)O)c1C(=O)Nc1cccc(C(N)=O)c1. The number of nitrogens with two attached hydrogens (primary N) is 1. The number of carbonyl (C=O) groups excluding carboxylic acids is 4. The Bertz CT molecular complexity index is 1420. The van der Waals surface area contributed by atoms with Crippen LogP contribution in [0.15, 0.2) is 66.7 Å². The average molecular weight is 532 g/mol. The third-order valence-electron chi connectivity index (χ3n) is 5.87. The summed E-state index contributed by atoms with van der Waals surface area (Å²) >= 11 is 0. The van der Waals surface area contributed by atoms with Gasteiger partial charge >= 0.3 is 11.9 Å². The van der Waals surface area contributed by atoms with Gasteiger partial charge < -0.3 is 26.2 Å². The van der Waals surface area contributed by atoms with E-state index in [9.17, 15) is 29.1 Å². The molecular weight excluding hydrogens is 502 g/mol. The first kappa shape index (κ1) is 28.6. The Labute approximate surface area is 225 Å². The molecule has 0 aliphatic rings. The van der Waals surface area contributed by atoms with Crippen LogP contribution in [0.5, 0.6) is 0 Å². The molecule has 10 heteroatoms. The number of aliphatic carboxylic acids is 1. The van der Waals surface area contributed by atoms with Crippen molar-refractivity contribution < 1.29 is 33.8 Å². The van der Waals surface area contributed by atoms with Crippen LogP contribution in [0.3, 0.4) is 0 Å². The van der Waals surface area contributed by atoms with Crippen LogP contribution in [0.25, 0.3) is 11.1 Å². The number of rotatable bonds is 10. The van der Waals surface area contributed by atoms with E-state index in [-0.39, 0.29) is 40.3 Å². The van der Waals surface area contributed by atoms with Crippen LogP contribution in [0.2, 0.25) is 0 Å². The lowest BCUT2D eigenvalue weighted by molar-refractivity contribution is -0.139. The highest BCUT2D eigenvalue weighted by Gasteiger charge is 2.31. The number of primary amides is 1. The number of hydrogen-bond acceptors (Lipinski definition) is 6. The number of carbonyl (C=O) groups is 5. The van der Waals surface area contributed by atoms with E-state index in [2.05, 4.69) is 10.6 Å². The number of anilines is 1. The van der Waals surface area contributed by atoms with Gasteiger partial charge in [0.2, 0.25) is 5.91 Å². The molecule has 3 aromatic carbocycles. The number of benzene rings is 3. The minimum atomic E-state index is -1.24. The Balaban J connectivity index is 2.21. The summed E-state index contributed by atoms with van der Waals surface area (Å²) in [7, 11) is 1.14. The number of ether oxygens (including phenoxy) is 1. The normalized spacial score (nSPS) is 11.4. The number of amides is 3. The minimum absolute atomic E-state index is 0.0437. The van der Waals surface area contributed by atoms with E-state index < -0.39 is 35.7 Å². The molecule has 39 heavy (non-hydrogen) atoms. The average Bonchev–Trinajstić information content (AvgIpc) is 2.91. The molecule has 0 saturated carbocycles. The smallest absolute Gasteiger partial charge is 0.339 e. The highest BCUT2D eigenvalue weighted by Crippen LogP contribution is 2.30. The number of hydrogen-bond donors (Lipinski definition) is 4. The zero-order valence-electron chi connectivity index (χ0n) is 21.7. The first-order valence-corrected chi connectivity index (χ1v) is 12.1. The molecule has 1 atom stereocenters. The second-order valence-electron chi connectivity index (χ2n) is 9.16. The van der Waals surface area contributed by atoms with E-state index in [4.69, 9.17) is 10.5 Å². The molecule has 0 bridgehead atoms. The van der Waals surface area contributed by atoms with Crippen LogP contribution >= 0.6 is 0 Å². The second-order valence-corrected chi connectivity index (χ2v) is 9.16. The van der Waals surface area contributed by atoms with Crippen molar-refractivity contribution in [2.24, 2.45) is 11.7 Å². The van der Waals surface area contributed by atoms with Gasteiger partial charge in [-0.25, -0.2) is 9.59 Å². The second kappa shape index (κ2) is 12.5. The summed E-state index contributed by atoms with van der Waals surface area (Å²) in [6.45, 7) is 3.62. The van der Waals surface area contributed by atoms with E-state index in [1.165, 1.54) is 36.4 Å². The van der Waals surface area contributed by atoms with Crippen LogP contribution in [-0.2, 0) is 9.53 Å². The van der Waals surface area contributed by atoms with Crippen LogP contribution in [0.1, 0.15) is 61.7 Å². The molecule has 202 valence electrons. The maximum atomic E-state index is 13.7. The summed E-state index contributed by atoms with van der Waals surface area (Å²) in [5.74, 6) is -4.58. The fourth-order valence-electron chi connectivity index (χ4n) is 4.07. The third kappa shape index (κ3) is 6.86. The lowest BCUT2D eigenvalue weighted by atomic mass is 9.90. The maximum absolute atomic E-state index is 13.7. The number of esters is 1. The Morgan fingerprint density at radius 3 is 2.18 bits per heavy atom. The zero-order valence-corrected chi connectivity index (χ0v) is 21.7. The number of methoxy groups -OCH3 is 1. The van der Waals surface area contributed by atoms with Crippen molar-refractivity contribution in [1.82, 2.24) is 5.32 Å². The quantitative estimate of drug-likeness (QED) is 0.289. The van der Waals surface area contributed by atoms with E-state index in [1.54, 1.807) is 30.3 Å². The molecule has 0 unspecified atom stereocenters. The van der Waals surface area contributed by atoms with Crippen molar-refractivity contribution in [3.05, 3.63) is 89.0 Å². The molecule has 10 nitrogen and oxygen atoms in total. The van der Waals surface area contributed by atoms with Crippen LogP contribution in [-0.4, -0.2) is 47.9 Å². The van der Waals surface area contributed by atoms with Gasteiger partial charge in [-0.1, -0.05) is 56.3 Å². The molecular formula is C29H29N3O7. The summed E-state index contributed by atoms with van der Waals surface area (Å²) in [5.41, 5.74) is 5.84. The summed E-state index contributed by atoms with van der Waals surface area (Å²) in [5, 5.41) is 14.7. The fourth-order valence-corrected chi connectivity index (χ4v) is 4.07. The van der Waals surface area contributed by atoms with E-state index in [0.29, 0.717) is 11.1 Å². The number of carboxylic acid groups (broad SMARTS) is 1. The van der Waals surface area contributed by atoms with Crippen molar-refractivity contribution in [2.45, 2.75) is 26.3 Å². The van der Waals surface area contributed by atoms with Crippen LogP contribution < -0.4 is 16.4 Å². The lowest BCUT2D eigenvalue weighted by Crippen LogP contribution is -2.42. The van der Waals surface area contributed by atoms with Gasteiger partial charge in [0.15, 0.2) is 0 Å². The molecule has 0 aromatic heterocycles. The third-order valence-corrected chi connectivity index (χ3v) is 5.87. The lowest BCUT2D eigenvalue weighted by Gasteiger charge is -2.20. The van der Waals surface area contributed by atoms with Gasteiger partial charge in [-0.15, -0.1) is 0 Å². The topological polar surface area (TPSA) is 165 Å². The van der Waals surface area contributed by atoms with Gasteiger partial charge in [-0.3, -0.25) is 14.4 Å². The van der Waals surface area contributed by atoms with Gasteiger partial charge in [0.1, 0.15) is 6.04 Å². The van der Waals surface area contributed by atoms with Gasteiger partial charge in [-0.2, -0.15) is 0 Å². The first-order valence-electron chi connectivity index (χ1n) is 12.1. The maximum Gasteiger partial charge on any atom is 0.339 e. The summed E-state index contributed by atoms with van der Waals surface area (Å²) in [6.07, 6.45) is 0.147. The van der Waals surface area contributed by atoms with Crippen LogP contribution in [0.4, 0.5) is 5.69 Å². The molecule has 3 aromatic rings. The molecule has 3 amide bonds. The Hall–Kier alpha value is -4.99. The first-order chi connectivity index (χ1) is 18.5. The zero-order chi connectivity index (χ0) is 28.7. The van der Waals surface area contributed by atoms with E-state index in [1.807, 2.05) is 13.8 Å². The summed E-state index contributed by atoms with van der Waals surface area (Å²) in [4.78, 5) is 63.6. The monoisotopic (exact) mass is 531 g/mol. The molecule has 0 saturated heterocycles. The Morgan fingerprint density at radius 2 is 1.59 bits per heavy atom. The largest absolute Gasteiger partial charge is 0.480 e. The van der Waals surface area contributed by atoms with Crippen molar-refractivity contribution >= 4 is 35.3 Å². The van der Waals surface area contributed by atoms with E-state index >= 15 is 0 Å². The van der Waals surface area contributed by atoms with Gasteiger partial charge in [-0.05, 0) is 47.7 Å². The van der Waals surface area contributed by atoms with Gasteiger partial charge in [0, 0.05) is 11.3 Å². The highest BCUT2D eigenvalue weighted by molar-refractivity contribution is 6.19. The van der Waals surface area contributed by atoms with Crippen LogP contribution in [0, 0.1) is 5.92 Å². The number of nitrogens with one attached hydrogen (secondary N) is 2. The predicted molar refractivity (Wildman–Crippen MR) is 144 cm³/mol. The molecule has 0 spiro atoms.